The summed E-state index contributed by atoms with van der Waals surface area (Å²) < 4.78 is 4.52. The van der Waals surface area contributed by atoms with E-state index in [0.29, 0.717) is 36.4 Å². The lowest BCUT2D eigenvalue weighted by atomic mass is 10.1. The van der Waals surface area contributed by atoms with Crippen molar-refractivity contribution in [1.82, 2.24) is 10.6 Å². The van der Waals surface area contributed by atoms with E-state index in [2.05, 4.69) is 15.4 Å². The number of amides is 2. The number of urea groups is 1. The maximum absolute atomic E-state index is 11.5. The number of carbonyl (C=O) groups is 2. The van der Waals surface area contributed by atoms with E-state index in [1.165, 1.54) is 7.11 Å². The standard InChI is InChI=1S/C15H21ClN2O4/c1-22-14(20)4-2-3-9-17-15(21)18-10-13(19)11-5-7-12(16)8-6-11/h5-8,13,19H,2-4,9-10H2,1H3,(H2,17,18,21). The van der Waals surface area contributed by atoms with Crippen LogP contribution in [0.25, 0.3) is 0 Å². The topological polar surface area (TPSA) is 87.7 Å². The van der Waals surface area contributed by atoms with Crippen molar-refractivity contribution in [3.05, 3.63) is 34.9 Å². The lowest BCUT2D eigenvalue weighted by Crippen LogP contribution is -2.38. The van der Waals surface area contributed by atoms with E-state index in [-0.39, 0.29) is 18.5 Å². The molecule has 0 aliphatic rings. The van der Waals surface area contributed by atoms with E-state index in [1.807, 2.05) is 0 Å². The fourth-order valence-corrected chi connectivity index (χ4v) is 1.88. The van der Waals surface area contributed by atoms with Crippen LogP contribution in [0.4, 0.5) is 4.79 Å². The van der Waals surface area contributed by atoms with Gasteiger partial charge in [-0.1, -0.05) is 23.7 Å². The largest absolute Gasteiger partial charge is 0.469 e. The Balaban J connectivity index is 2.15. The summed E-state index contributed by atoms with van der Waals surface area (Å²) in [6.45, 7) is 0.565. The highest BCUT2D eigenvalue weighted by molar-refractivity contribution is 6.30. The molecule has 0 heterocycles. The zero-order valence-corrected chi connectivity index (χ0v) is 13.2. The Labute approximate surface area is 134 Å². The Morgan fingerprint density at radius 1 is 1.23 bits per heavy atom. The summed E-state index contributed by atoms with van der Waals surface area (Å²) in [7, 11) is 1.35. The molecule has 22 heavy (non-hydrogen) atoms. The monoisotopic (exact) mass is 328 g/mol. The van der Waals surface area contributed by atoms with Crippen LogP contribution in [-0.2, 0) is 9.53 Å². The summed E-state index contributed by atoms with van der Waals surface area (Å²) in [5.41, 5.74) is 0.683. The van der Waals surface area contributed by atoms with Gasteiger partial charge in [0.15, 0.2) is 0 Å². The van der Waals surface area contributed by atoms with Crippen molar-refractivity contribution >= 4 is 23.6 Å². The normalized spacial score (nSPS) is 11.6. The molecule has 0 saturated carbocycles. The molecule has 0 spiro atoms. The molecule has 0 fully saturated rings. The van der Waals surface area contributed by atoms with E-state index >= 15 is 0 Å². The molecule has 1 rings (SSSR count). The van der Waals surface area contributed by atoms with Gasteiger partial charge in [0.1, 0.15) is 0 Å². The second-order valence-electron chi connectivity index (χ2n) is 4.74. The Kier molecular flexibility index (Phi) is 8.32. The van der Waals surface area contributed by atoms with Crippen LogP contribution in [0.2, 0.25) is 5.02 Å². The smallest absolute Gasteiger partial charge is 0.314 e. The number of hydrogen-bond donors (Lipinski definition) is 3. The third-order valence-electron chi connectivity index (χ3n) is 3.03. The van der Waals surface area contributed by atoms with Crippen molar-refractivity contribution < 1.29 is 19.4 Å². The number of unbranched alkanes of at least 4 members (excludes halogenated alkanes) is 1. The first-order chi connectivity index (χ1) is 10.5. The molecule has 3 N–H and O–H groups in total. The molecule has 0 aliphatic carbocycles. The maximum atomic E-state index is 11.5. The average molecular weight is 329 g/mol. The number of aliphatic hydroxyl groups is 1. The fourth-order valence-electron chi connectivity index (χ4n) is 1.75. The van der Waals surface area contributed by atoms with Crippen molar-refractivity contribution in [3.8, 4) is 0 Å². The molecule has 0 aliphatic heterocycles. The summed E-state index contributed by atoms with van der Waals surface area (Å²) in [4.78, 5) is 22.4. The van der Waals surface area contributed by atoms with Gasteiger partial charge in [0.25, 0.3) is 0 Å². The number of aliphatic hydroxyl groups excluding tert-OH is 1. The first kappa shape index (κ1) is 18.3. The number of halogens is 1. The number of methoxy groups -OCH3 is 1. The van der Waals surface area contributed by atoms with Crippen LogP contribution >= 0.6 is 11.6 Å². The first-order valence-corrected chi connectivity index (χ1v) is 7.42. The zero-order valence-electron chi connectivity index (χ0n) is 12.5. The zero-order chi connectivity index (χ0) is 16.4. The minimum Gasteiger partial charge on any atom is -0.469 e. The van der Waals surface area contributed by atoms with Crippen LogP contribution in [0.1, 0.15) is 30.9 Å². The number of rotatable bonds is 8. The van der Waals surface area contributed by atoms with Gasteiger partial charge < -0.3 is 20.5 Å². The highest BCUT2D eigenvalue weighted by atomic mass is 35.5. The van der Waals surface area contributed by atoms with Gasteiger partial charge >= 0.3 is 12.0 Å². The van der Waals surface area contributed by atoms with E-state index < -0.39 is 6.10 Å². The highest BCUT2D eigenvalue weighted by Gasteiger charge is 2.09. The summed E-state index contributed by atoms with van der Waals surface area (Å²) in [5.74, 6) is -0.254. The van der Waals surface area contributed by atoms with Gasteiger partial charge in [-0.25, -0.2) is 4.79 Å². The van der Waals surface area contributed by atoms with Crippen molar-refractivity contribution in [3.63, 3.8) is 0 Å². The van der Waals surface area contributed by atoms with E-state index in [0.717, 1.165) is 0 Å². The van der Waals surface area contributed by atoms with Gasteiger partial charge in [-0.15, -0.1) is 0 Å². The fraction of sp³-hybridized carbons (Fsp3) is 0.467. The van der Waals surface area contributed by atoms with Crippen molar-refractivity contribution in [2.45, 2.75) is 25.4 Å². The minimum absolute atomic E-state index is 0.107. The van der Waals surface area contributed by atoms with Crippen LogP contribution in [0.3, 0.4) is 0 Å². The molecule has 1 unspecified atom stereocenters. The summed E-state index contributed by atoms with van der Waals surface area (Å²) in [6, 6.07) is 6.42. The molecule has 0 bridgehead atoms. The van der Waals surface area contributed by atoms with E-state index in [4.69, 9.17) is 11.6 Å². The summed E-state index contributed by atoms with van der Waals surface area (Å²) in [6.07, 6.45) is 0.889. The molecule has 6 nitrogen and oxygen atoms in total. The van der Waals surface area contributed by atoms with Crippen LogP contribution in [0.15, 0.2) is 24.3 Å². The van der Waals surface area contributed by atoms with E-state index in [1.54, 1.807) is 24.3 Å². The SMILES string of the molecule is COC(=O)CCCCNC(=O)NCC(O)c1ccc(Cl)cc1. The lowest BCUT2D eigenvalue weighted by molar-refractivity contribution is -0.140. The third kappa shape index (κ3) is 7.28. The van der Waals surface area contributed by atoms with Crippen LogP contribution < -0.4 is 10.6 Å². The molecule has 0 radical (unpaired) electrons. The summed E-state index contributed by atoms with van der Waals surface area (Å²) in [5, 5.41) is 15.8. The maximum Gasteiger partial charge on any atom is 0.314 e. The predicted molar refractivity (Wildman–Crippen MR) is 83.7 cm³/mol. The Morgan fingerprint density at radius 3 is 2.55 bits per heavy atom. The number of benzene rings is 1. The molecule has 7 heteroatoms. The molecule has 122 valence electrons. The molecule has 1 atom stereocenters. The van der Waals surface area contributed by atoms with Crippen LogP contribution in [0.5, 0.6) is 0 Å². The number of carbonyl (C=O) groups excluding carboxylic acids is 2. The van der Waals surface area contributed by atoms with Gasteiger partial charge in [0, 0.05) is 24.5 Å². The molecule has 1 aromatic rings. The van der Waals surface area contributed by atoms with E-state index in [9.17, 15) is 14.7 Å². The van der Waals surface area contributed by atoms with Crippen LogP contribution in [0, 0.1) is 0 Å². The molecule has 0 saturated heterocycles. The molecular formula is C15H21ClN2O4. The quantitative estimate of drug-likeness (QED) is 0.503. The number of nitrogens with one attached hydrogen (secondary N) is 2. The molecule has 1 aromatic carbocycles. The number of ether oxygens (including phenoxy) is 1. The Bertz CT molecular complexity index is 479. The van der Waals surface area contributed by atoms with Crippen molar-refractivity contribution in [2.75, 3.05) is 20.2 Å². The second kappa shape index (κ2) is 10.0. The number of hydrogen-bond acceptors (Lipinski definition) is 4. The van der Waals surface area contributed by atoms with Crippen molar-refractivity contribution in [2.24, 2.45) is 0 Å². The highest BCUT2D eigenvalue weighted by Crippen LogP contribution is 2.15. The molecule has 0 aromatic heterocycles. The Morgan fingerprint density at radius 2 is 1.91 bits per heavy atom. The average Bonchev–Trinajstić information content (AvgIpc) is 2.52. The third-order valence-corrected chi connectivity index (χ3v) is 3.28. The predicted octanol–water partition coefficient (Wildman–Crippen LogP) is 2.02. The minimum atomic E-state index is -0.789. The number of esters is 1. The van der Waals surface area contributed by atoms with Gasteiger partial charge in [-0.3, -0.25) is 4.79 Å². The van der Waals surface area contributed by atoms with Gasteiger partial charge in [0.2, 0.25) is 0 Å². The van der Waals surface area contributed by atoms with Crippen molar-refractivity contribution in [1.29, 1.82) is 0 Å². The Hall–Kier alpha value is -1.79. The van der Waals surface area contributed by atoms with Crippen LogP contribution in [-0.4, -0.2) is 37.3 Å². The van der Waals surface area contributed by atoms with Gasteiger partial charge in [0.05, 0.1) is 13.2 Å². The molecule has 2 amide bonds. The first-order valence-electron chi connectivity index (χ1n) is 7.05. The summed E-state index contributed by atoms with van der Waals surface area (Å²) >= 11 is 5.77. The van der Waals surface area contributed by atoms with Gasteiger partial charge in [-0.05, 0) is 30.5 Å². The molecular weight excluding hydrogens is 308 g/mol. The second-order valence-corrected chi connectivity index (χ2v) is 5.17. The lowest BCUT2D eigenvalue weighted by Gasteiger charge is -2.13. The van der Waals surface area contributed by atoms with Gasteiger partial charge in [-0.2, -0.15) is 0 Å².